The molecule has 0 saturated heterocycles. The summed E-state index contributed by atoms with van der Waals surface area (Å²) in [4.78, 5) is 0. The molecule has 30 heavy (non-hydrogen) atoms. The Balaban J connectivity index is 2.71. The van der Waals surface area contributed by atoms with Crippen molar-refractivity contribution in [3.63, 3.8) is 0 Å². The quantitative estimate of drug-likeness (QED) is 0.222. The van der Waals surface area contributed by atoms with E-state index in [2.05, 4.69) is 45.0 Å². The van der Waals surface area contributed by atoms with Crippen LogP contribution in [0.5, 0.6) is 0 Å². The Labute approximate surface area is 202 Å². The van der Waals surface area contributed by atoms with E-state index in [1.54, 1.807) is 0 Å². The Morgan fingerprint density at radius 2 is 0.967 bits per heavy atom. The second kappa shape index (κ2) is 13.4. The maximum absolute atomic E-state index is 7.53. The van der Waals surface area contributed by atoms with E-state index in [4.69, 9.17) is 34.8 Å². The van der Waals surface area contributed by atoms with Crippen LogP contribution in [0.2, 0.25) is 23.4 Å². The van der Waals surface area contributed by atoms with Crippen LogP contribution in [0, 0.1) is 0 Å². The van der Waals surface area contributed by atoms with Gasteiger partial charge in [-0.15, -0.1) is 0 Å². The molecule has 2 aromatic carbocycles. The van der Waals surface area contributed by atoms with Crippen molar-refractivity contribution < 1.29 is 0 Å². The third kappa shape index (κ3) is 7.19. The van der Waals surface area contributed by atoms with E-state index in [1.165, 1.54) is 60.5 Å². The first-order valence-corrected chi connectivity index (χ1v) is 20.0. The van der Waals surface area contributed by atoms with Crippen molar-refractivity contribution in [2.24, 2.45) is 0 Å². The molecule has 0 N–H and O–H groups in total. The molecule has 0 bridgehead atoms. The number of benzene rings is 2. The van der Waals surface area contributed by atoms with E-state index in [9.17, 15) is 0 Å². The number of hydrogen-bond donors (Lipinski definition) is 0. The van der Waals surface area contributed by atoms with Gasteiger partial charge in [0.05, 0.1) is 0 Å². The normalized spacial score (nSPS) is 11.5. The van der Waals surface area contributed by atoms with Crippen LogP contribution in [-0.4, -0.2) is 18.4 Å². The minimum absolute atomic E-state index is 0.753. The van der Waals surface area contributed by atoms with Crippen LogP contribution in [-0.2, 0) is 0 Å². The van der Waals surface area contributed by atoms with Gasteiger partial charge in [-0.3, -0.25) is 0 Å². The van der Waals surface area contributed by atoms with Gasteiger partial charge in [0, 0.05) is 0 Å². The molecule has 0 fully saturated rings. The standard InChI is InChI=1S/C14H8Cl3.3C4H9.Sn/c15-9-14(10-1-5-12(16)6-2-10)11-3-7-13(17)8-4-11;3*1-3-4-2;/h1-8H;3*1,3-4H2,2H3;. The molecule has 0 aliphatic carbocycles. The van der Waals surface area contributed by atoms with E-state index in [0.717, 1.165) is 21.2 Å². The van der Waals surface area contributed by atoms with Gasteiger partial charge in [-0.2, -0.15) is 0 Å². The third-order valence-corrected chi connectivity index (χ3v) is 24.0. The Kier molecular flexibility index (Phi) is 11.7. The Bertz CT molecular complexity index is 725. The first kappa shape index (κ1) is 26.1. The molecule has 2 rings (SSSR count). The summed E-state index contributed by atoms with van der Waals surface area (Å²) in [7, 11) is 0. The fourth-order valence-electron chi connectivity index (χ4n) is 4.17. The summed E-state index contributed by atoms with van der Waals surface area (Å²) in [5, 5.41) is 1.51. The first-order valence-electron chi connectivity index (χ1n) is 11.4. The number of unbranched alkanes of at least 4 members (excludes halogenated alkanes) is 3. The zero-order valence-corrected chi connectivity index (χ0v) is 23.7. The number of rotatable bonds is 12. The zero-order chi connectivity index (χ0) is 22.0. The van der Waals surface area contributed by atoms with Crippen molar-refractivity contribution in [1.29, 1.82) is 0 Å². The first-order chi connectivity index (χ1) is 14.5. The second-order valence-corrected chi connectivity index (χ2v) is 23.5. The van der Waals surface area contributed by atoms with Crippen LogP contribution in [0.3, 0.4) is 0 Å². The predicted molar refractivity (Wildman–Crippen MR) is 140 cm³/mol. The third-order valence-electron chi connectivity index (χ3n) is 5.98. The molecular weight excluding hydrogens is 537 g/mol. The topological polar surface area (TPSA) is 0 Å². The summed E-state index contributed by atoms with van der Waals surface area (Å²) in [5.74, 6) is 0. The molecule has 0 unspecified atom stereocenters. The van der Waals surface area contributed by atoms with Gasteiger partial charge in [-0.25, -0.2) is 0 Å². The zero-order valence-electron chi connectivity index (χ0n) is 18.6. The average molecular weight is 573 g/mol. The van der Waals surface area contributed by atoms with E-state index in [0.29, 0.717) is 0 Å². The molecule has 0 aromatic heterocycles. The molecule has 0 atom stereocenters. The molecule has 0 spiro atoms. The van der Waals surface area contributed by atoms with Gasteiger partial charge in [0.25, 0.3) is 0 Å². The molecule has 0 saturated carbocycles. The van der Waals surface area contributed by atoms with Crippen molar-refractivity contribution in [2.75, 3.05) is 0 Å². The van der Waals surface area contributed by atoms with Crippen LogP contribution in [0.1, 0.15) is 70.4 Å². The van der Waals surface area contributed by atoms with Gasteiger partial charge in [0.1, 0.15) is 0 Å². The fourth-order valence-corrected chi connectivity index (χ4v) is 21.7. The second-order valence-electron chi connectivity index (χ2n) is 8.29. The Morgan fingerprint density at radius 3 is 1.27 bits per heavy atom. The van der Waals surface area contributed by atoms with Crippen LogP contribution in [0.25, 0.3) is 5.57 Å². The van der Waals surface area contributed by atoms with Gasteiger partial charge >= 0.3 is 204 Å². The van der Waals surface area contributed by atoms with Crippen molar-refractivity contribution in [3.8, 4) is 0 Å². The summed E-state index contributed by atoms with van der Waals surface area (Å²) in [6, 6.07) is 16.3. The van der Waals surface area contributed by atoms with Gasteiger partial charge < -0.3 is 0 Å². The Morgan fingerprint density at radius 1 is 0.633 bits per heavy atom. The summed E-state index contributed by atoms with van der Waals surface area (Å²) in [6.45, 7) is 6.90. The summed E-state index contributed by atoms with van der Waals surface area (Å²) in [6.07, 6.45) is 7.56. The molecule has 164 valence electrons. The maximum atomic E-state index is 7.53. The van der Waals surface area contributed by atoms with Crippen molar-refractivity contribution in [3.05, 3.63) is 72.8 Å². The molecule has 0 aliphatic rings. The Hall–Kier alpha value is -0.151. The fraction of sp³-hybridized carbons (Fsp3) is 0.462. The summed E-state index contributed by atoms with van der Waals surface area (Å²) < 4.78 is 5.24. The van der Waals surface area contributed by atoms with Crippen LogP contribution in [0.4, 0.5) is 0 Å². The van der Waals surface area contributed by atoms with Gasteiger partial charge in [-0.1, -0.05) is 0 Å². The molecular formula is C26H35Cl3Sn. The van der Waals surface area contributed by atoms with Crippen LogP contribution in [0.15, 0.2) is 51.6 Å². The summed E-state index contributed by atoms with van der Waals surface area (Å²) >= 11 is 17.2. The van der Waals surface area contributed by atoms with E-state index in [-0.39, 0.29) is 0 Å². The minimum atomic E-state index is -2.79. The average Bonchev–Trinajstić information content (AvgIpc) is 2.76. The van der Waals surface area contributed by atoms with E-state index in [1.807, 2.05) is 24.3 Å². The van der Waals surface area contributed by atoms with E-state index < -0.39 is 18.4 Å². The van der Waals surface area contributed by atoms with Gasteiger partial charge in [0.15, 0.2) is 0 Å². The SMILES string of the molecule is CCC[CH2][Sn]([CH2]CCC)([CH2]CCC)[C](Cl)=C(c1ccc(Cl)cc1)c1ccc(Cl)cc1. The van der Waals surface area contributed by atoms with Crippen molar-refractivity contribution in [2.45, 2.75) is 72.6 Å². The molecule has 0 aliphatic heterocycles. The monoisotopic (exact) mass is 572 g/mol. The predicted octanol–water partition coefficient (Wildman–Crippen LogP) is 10.4. The summed E-state index contributed by atoms with van der Waals surface area (Å²) in [5.41, 5.74) is 3.54. The number of halogens is 3. The van der Waals surface area contributed by atoms with Gasteiger partial charge in [0.2, 0.25) is 0 Å². The number of hydrogen-bond acceptors (Lipinski definition) is 0. The molecule has 0 radical (unpaired) electrons. The molecule has 2 aromatic rings. The van der Waals surface area contributed by atoms with Crippen LogP contribution >= 0.6 is 34.8 Å². The molecule has 0 nitrogen and oxygen atoms in total. The van der Waals surface area contributed by atoms with Gasteiger partial charge in [-0.05, 0) is 0 Å². The van der Waals surface area contributed by atoms with E-state index >= 15 is 0 Å². The van der Waals surface area contributed by atoms with Crippen molar-refractivity contribution in [1.82, 2.24) is 0 Å². The van der Waals surface area contributed by atoms with Crippen LogP contribution < -0.4 is 0 Å². The van der Waals surface area contributed by atoms with Crippen molar-refractivity contribution >= 4 is 58.8 Å². The molecule has 4 heteroatoms. The molecule has 0 amide bonds. The molecule has 0 heterocycles.